The lowest BCUT2D eigenvalue weighted by molar-refractivity contribution is -0.125. The minimum absolute atomic E-state index is 0.116. The predicted molar refractivity (Wildman–Crippen MR) is 110 cm³/mol. The molecule has 2 aromatic rings. The monoisotopic (exact) mass is 455 g/mol. The van der Waals surface area contributed by atoms with E-state index in [4.69, 9.17) is 16.3 Å². The average Bonchev–Trinajstić information content (AvgIpc) is 3.28. The summed E-state index contributed by atoms with van der Waals surface area (Å²) in [4.78, 5) is 40.3. The van der Waals surface area contributed by atoms with Crippen LogP contribution in [0.5, 0.6) is 5.75 Å². The third-order valence-corrected chi connectivity index (χ3v) is 5.98. The number of H-pyrrole nitrogens is 1. The molecule has 154 valence electrons. The van der Waals surface area contributed by atoms with Crippen molar-refractivity contribution in [1.29, 1.82) is 0 Å². The molecule has 12 heteroatoms. The second-order valence-electron chi connectivity index (χ2n) is 6.00. The van der Waals surface area contributed by atoms with Gasteiger partial charge in [0, 0.05) is 18.1 Å². The first-order valence-electron chi connectivity index (χ1n) is 8.59. The maximum Gasteiger partial charge on any atom is 0.288 e. The van der Waals surface area contributed by atoms with Crippen molar-refractivity contribution >= 4 is 52.2 Å². The Morgan fingerprint density at radius 3 is 3.00 bits per heavy atom. The number of carbonyl (C=O) groups excluding carboxylic acids is 3. The van der Waals surface area contributed by atoms with Crippen LogP contribution < -0.4 is 10.1 Å². The van der Waals surface area contributed by atoms with Crippen LogP contribution in [0.1, 0.15) is 11.4 Å². The van der Waals surface area contributed by atoms with E-state index in [1.807, 2.05) is 13.0 Å². The molecule has 0 bridgehead atoms. The smallest absolute Gasteiger partial charge is 0.288 e. The summed E-state index contributed by atoms with van der Waals surface area (Å²) in [5, 5.41) is 10.3. The lowest BCUT2D eigenvalue weighted by atomic mass is 10.2. The van der Waals surface area contributed by atoms with Crippen molar-refractivity contribution in [2.45, 2.75) is 18.7 Å². The number of aryl methyl sites for hydroxylation is 1. The summed E-state index contributed by atoms with van der Waals surface area (Å²) >= 11 is 8.13. The maximum atomic E-state index is 11.9. The van der Waals surface area contributed by atoms with Gasteiger partial charge in [-0.2, -0.15) is 0 Å². The summed E-state index contributed by atoms with van der Waals surface area (Å²) < 4.78 is 5.64. The fourth-order valence-corrected chi connectivity index (χ4v) is 3.87. The maximum absolute atomic E-state index is 11.9. The lowest BCUT2D eigenvalue weighted by Gasteiger charge is -2.12. The number of thioether (sulfide) groups is 2. The van der Waals surface area contributed by atoms with Crippen LogP contribution in [0.15, 0.2) is 23.4 Å². The van der Waals surface area contributed by atoms with Crippen molar-refractivity contribution in [3.63, 3.8) is 0 Å². The molecule has 3 rings (SSSR count). The van der Waals surface area contributed by atoms with Crippen molar-refractivity contribution in [2.24, 2.45) is 0 Å². The number of imide groups is 1. The quantitative estimate of drug-likeness (QED) is 0.553. The van der Waals surface area contributed by atoms with Crippen LogP contribution in [0.4, 0.5) is 4.79 Å². The molecule has 0 unspecified atom stereocenters. The summed E-state index contributed by atoms with van der Waals surface area (Å²) in [6, 6.07) is 5.37. The van der Waals surface area contributed by atoms with E-state index in [9.17, 15) is 14.4 Å². The minimum Gasteiger partial charge on any atom is -0.486 e. The number of carbonyl (C=O) groups is 3. The summed E-state index contributed by atoms with van der Waals surface area (Å²) in [6.07, 6.45) is 0. The van der Waals surface area contributed by atoms with Gasteiger partial charge in [0.25, 0.3) is 5.24 Å². The molecule has 9 nitrogen and oxygen atoms in total. The number of ether oxygens (including phenoxy) is 1. The zero-order valence-electron chi connectivity index (χ0n) is 15.4. The summed E-state index contributed by atoms with van der Waals surface area (Å²) in [7, 11) is 0. The molecular weight excluding hydrogens is 438 g/mol. The SMILES string of the molecule is Cc1cc(OCc2nc(SCC(=O)NCCN3C(=O)CSC3=O)n[nH]2)ccc1Cl. The highest BCUT2D eigenvalue weighted by Gasteiger charge is 2.29. The highest BCUT2D eigenvalue weighted by Crippen LogP contribution is 2.22. The molecule has 0 radical (unpaired) electrons. The molecule has 1 aromatic heterocycles. The van der Waals surface area contributed by atoms with Gasteiger partial charge in [0.2, 0.25) is 17.0 Å². The van der Waals surface area contributed by atoms with Gasteiger partial charge in [-0.25, -0.2) is 4.98 Å². The first-order chi connectivity index (χ1) is 13.9. The lowest BCUT2D eigenvalue weighted by Crippen LogP contribution is -2.38. The number of aromatic amines is 1. The number of hydrogen-bond donors (Lipinski definition) is 2. The van der Waals surface area contributed by atoms with Crippen molar-refractivity contribution < 1.29 is 19.1 Å². The van der Waals surface area contributed by atoms with Crippen LogP contribution >= 0.6 is 35.1 Å². The summed E-state index contributed by atoms with van der Waals surface area (Å²) in [5.41, 5.74) is 0.918. The van der Waals surface area contributed by atoms with Gasteiger partial charge in [-0.15, -0.1) is 5.10 Å². The Morgan fingerprint density at radius 1 is 1.45 bits per heavy atom. The second kappa shape index (κ2) is 9.99. The number of benzene rings is 1. The molecule has 2 heterocycles. The Bertz CT molecular complexity index is 907. The molecule has 1 aliphatic rings. The molecule has 3 amide bonds. The molecule has 1 aromatic carbocycles. The number of nitrogens with one attached hydrogen (secondary N) is 2. The van der Waals surface area contributed by atoms with Gasteiger partial charge in [0.15, 0.2) is 5.82 Å². The van der Waals surface area contributed by atoms with Crippen LogP contribution in [-0.4, -0.2) is 61.7 Å². The van der Waals surface area contributed by atoms with Crippen molar-refractivity contribution in [3.05, 3.63) is 34.6 Å². The van der Waals surface area contributed by atoms with E-state index in [1.165, 1.54) is 11.8 Å². The second-order valence-corrected chi connectivity index (χ2v) is 8.28. The molecule has 1 aliphatic heterocycles. The summed E-state index contributed by atoms with van der Waals surface area (Å²) in [6.45, 7) is 2.48. The first kappa shape index (κ1) is 21.5. The predicted octanol–water partition coefficient (Wildman–Crippen LogP) is 2.25. The molecule has 2 N–H and O–H groups in total. The summed E-state index contributed by atoms with van der Waals surface area (Å²) in [5.74, 6) is 1.02. The van der Waals surface area contributed by atoms with Gasteiger partial charge in [-0.1, -0.05) is 35.1 Å². The molecule has 0 aliphatic carbocycles. The van der Waals surface area contributed by atoms with Gasteiger partial charge in [-0.3, -0.25) is 24.4 Å². The van der Waals surface area contributed by atoms with Crippen LogP contribution in [0, 0.1) is 6.92 Å². The Kier molecular flexibility index (Phi) is 7.40. The Labute approximate surface area is 180 Å². The van der Waals surface area contributed by atoms with E-state index in [0.29, 0.717) is 21.8 Å². The molecule has 1 fully saturated rings. The third-order valence-electron chi connectivity index (χ3n) is 3.85. The molecule has 0 saturated carbocycles. The van der Waals surface area contributed by atoms with E-state index in [-0.39, 0.29) is 48.3 Å². The van der Waals surface area contributed by atoms with Gasteiger partial charge < -0.3 is 10.1 Å². The van der Waals surface area contributed by atoms with E-state index in [1.54, 1.807) is 12.1 Å². The van der Waals surface area contributed by atoms with Gasteiger partial charge in [-0.05, 0) is 30.7 Å². The van der Waals surface area contributed by atoms with E-state index in [2.05, 4.69) is 20.5 Å². The van der Waals surface area contributed by atoms with Crippen molar-refractivity contribution in [3.8, 4) is 5.75 Å². The fraction of sp³-hybridized carbons (Fsp3) is 0.353. The largest absolute Gasteiger partial charge is 0.486 e. The van der Waals surface area contributed by atoms with Gasteiger partial charge in [0.05, 0.1) is 11.5 Å². The van der Waals surface area contributed by atoms with Crippen LogP contribution in [0.25, 0.3) is 0 Å². The van der Waals surface area contributed by atoms with E-state index >= 15 is 0 Å². The molecule has 0 spiro atoms. The van der Waals surface area contributed by atoms with Gasteiger partial charge >= 0.3 is 0 Å². The van der Waals surface area contributed by atoms with Crippen molar-refractivity contribution in [1.82, 2.24) is 25.4 Å². The van der Waals surface area contributed by atoms with Crippen molar-refractivity contribution in [2.75, 3.05) is 24.6 Å². The fourth-order valence-electron chi connectivity index (χ4n) is 2.35. The number of hydrogen-bond acceptors (Lipinski definition) is 8. The van der Waals surface area contributed by atoms with Crippen LogP contribution in [0.2, 0.25) is 5.02 Å². The van der Waals surface area contributed by atoms with Crippen LogP contribution in [0.3, 0.4) is 0 Å². The number of aromatic nitrogens is 3. The minimum atomic E-state index is -0.275. The molecule has 1 saturated heterocycles. The zero-order valence-corrected chi connectivity index (χ0v) is 17.8. The van der Waals surface area contributed by atoms with Gasteiger partial charge in [0.1, 0.15) is 12.4 Å². The molecule has 0 atom stereocenters. The highest BCUT2D eigenvalue weighted by molar-refractivity contribution is 8.14. The average molecular weight is 456 g/mol. The van der Waals surface area contributed by atoms with E-state index < -0.39 is 0 Å². The number of halogens is 1. The molecule has 29 heavy (non-hydrogen) atoms. The Morgan fingerprint density at radius 2 is 2.28 bits per heavy atom. The van der Waals surface area contributed by atoms with Crippen LogP contribution in [-0.2, 0) is 16.2 Å². The number of rotatable bonds is 9. The van der Waals surface area contributed by atoms with E-state index in [0.717, 1.165) is 22.2 Å². The molecular formula is C17H18ClN5O4S2. The Hall–Kier alpha value is -2.24. The number of amides is 3. The number of nitrogens with zero attached hydrogens (tertiary/aromatic N) is 3. The highest BCUT2D eigenvalue weighted by atomic mass is 35.5. The Balaban J connectivity index is 1.37. The standard InChI is InChI=1S/C17H18ClN5O4S2/c1-10-6-11(2-3-12(10)18)27-7-13-20-16(22-21-13)28-8-14(24)19-4-5-23-15(25)9-29-17(23)26/h2-3,6H,4-5,7-9H2,1H3,(H,19,24)(H,20,21,22). The normalized spacial score (nSPS) is 13.8. The third kappa shape index (κ3) is 6.12. The first-order valence-corrected chi connectivity index (χ1v) is 10.9. The zero-order chi connectivity index (χ0) is 20.8. The topological polar surface area (TPSA) is 117 Å².